The lowest BCUT2D eigenvalue weighted by Gasteiger charge is -2.41. The van der Waals surface area contributed by atoms with E-state index in [1.165, 1.54) is 12.7 Å². The fraction of sp³-hybridized carbons (Fsp3) is 0.333. The highest BCUT2D eigenvalue weighted by molar-refractivity contribution is 5.90. The summed E-state index contributed by atoms with van der Waals surface area (Å²) in [6.07, 6.45) is 0.859. The van der Waals surface area contributed by atoms with Crippen molar-refractivity contribution in [3.63, 3.8) is 0 Å². The van der Waals surface area contributed by atoms with Crippen LogP contribution in [-0.2, 0) is 23.1 Å². The van der Waals surface area contributed by atoms with Gasteiger partial charge < -0.3 is 9.30 Å². The van der Waals surface area contributed by atoms with E-state index in [-0.39, 0.29) is 16.5 Å². The second-order valence-electron chi connectivity index (χ2n) is 9.10. The Kier molecular flexibility index (Phi) is 5.34. The van der Waals surface area contributed by atoms with Crippen molar-refractivity contribution in [3.05, 3.63) is 92.8 Å². The van der Waals surface area contributed by atoms with Gasteiger partial charge in [-0.05, 0) is 48.1 Å². The molecule has 0 saturated carbocycles. The molecule has 0 N–H and O–H groups in total. The van der Waals surface area contributed by atoms with Crippen LogP contribution in [0.25, 0.3) is 11.3 Å². The predicted molar refractivity (Wildman–Crippen MR) is 124 cm³/mol. The number of aryl methyl sites for hydroxylation is 1. The quantitative estimate of drug-likeness (QED) is 0.555. The Labute approximate surface area is 183 Å². The number of nitrogens with zero attached hydrogens (tertiary/aromatic N) is 1. The van der Waals surface area contributed by atoms with Gasteiger partial charge >= 0.3 is 5.97 Å². The van der Waals surface area contributed by atoms with Gasteiger partial charge in [-0.1, -0.05) is 68.8 Å². The highest BCUT2D eigenvalue weighted by Crippen LogP contribution is 2.47. The van der Waals surface area contributed by atoms with E-state index in [0.29, 0.717) is 12.5 Å². The molecule has 0 fully saturated rings. The second kappa shape index (κ2) is 7.84. The van der Waals surface area contributed by atoms with E-state index in [2.05, 4.69) is 45.9 Å². The van der Waals surface area contributed by atoms with Crippen LogP contribution in [0.3, 0.4) is 0 Å². The van der Waals surface area contributed by atoms with Crippen LogP contribution in [0.5, 0.6) is 0 Å². The Morgan fingerprint density at radius 1 is 1.13 bits per heavy atom. The minimum atomic E-state index is -0.587. The summed E-state index contributed by atoms with van der Waals surface area (Å²) in [5, 5.41) is 0. The average Bonchev–Trinajstić information content (AvgIpc) is 2.76. The molecule has 1 atom stereocenters. The minimum Gasteiger partial charge on any atom is -0.465 e. The van der Waals surface area contributed by atoms with E-state index < -0.39 is 5.97 Å². The number of aromatic nitrogens is 1. The molecule has 160 valence electrons. The number of rotatable bonds is 4. The molecule has 1 aliphatic carbocycles. The Morgan fingerprint density at radius 3 is 2.48 bits per heavy atom. The molecular formula is C27H29NO3. The topological polar surface area (TPSA) is 48.3 Å². The molecule has 1 aromatic heterocycles. The van der Waals surface area contributed by atoms with Crippen LogP contribution in [0.15, 0.2) is 59.4 Å². The molecular weight excluding hydrogens is 386 g/mol. The van der Waals surface area contributed by atoms with E-state index >= 15 is 0 Å². The SMILES string of the molecule is COC(=O)c1cc2c(n(Cc3ccccc3)c1=O)-c1cc(C)ccc1CC2(C)C(C)C. The molecule has 1 heterocycles. The lowest BCUT2D eigenvalue weighted by atomic mass is 9.64. The first-order valence-electron chi connectivity index (χ1n) is 10.8. The zero-order chi connectivity index (χ0) is 22.3. The Morgan fingerprint density at radius 2 is 1.84 bits per heavy atom. The number of hydrogen-bond donors (Lipinski definition) is 0. The van der Waals surface area contributed by atoms with E-state index in [1.54, 1.807) is 10.6 Å². The first-order valence-corrected chi connectivity index (χ1v) is 10.8. The standard InChI is InChI=1S/C27H29NO3/c1-17(2)27(4)15-20-12-11-18(3)13-21(20)24-23(27)14-22(26(30)31-5)25(29)28(24)16-19-9-7-6-8-10-19/h6-14,17H,15-16H2,1-5H3. The normalized spacial score (nSPS) is 17.2. The van der Waals surface area contributed by atoms with Gasteiger partial charge in [-0.2, -0.15) is 0 Å². The van der Waals surface area contributed by atoms with Crippen LogP contribution >= 0.6 is 0 Å². The van der Waals surface area contributed by atoms with Crippen molar-refractivity contribution < 1.29 is 9.53 Å². The van der Waals surface area contributed by atoms with E-state index in [1.807, 2.05) is 30.3 Å². The van der Waals surface area contributed by atoms with Gasteiger partial charge in [-0.15, -0.1) is 0 Å². The van der Waals surface area contributed by atoms with Gasteiger partial charge in [0.1, 0.15) is 5.56 Å². The van der Waals surface area contributed by atoms with Crippen LogP contribution in [0.2, 0.25) is 0 Å². The zero-order valence-electron chi connectivity index (χ0n) is 18.9. The molecule has 1 unspecified atom stereocenters. The summed E-state index contributed by atoms with van der Waals surface area (Å²) in [6, 6.07) is 18.2. The number of methoxy groups -OCH3 is 1. The molecule has 0 aliphatic heterocycles. The smallest absolute Gasteiger partial charge is 0.343 e. The third kappa shape index (κ3) is 3.50. The average molecular weight is 416 g/mol. The molecule has 3 aromatic rings. The Bertz CT molecular complexity index is 1210. The van der Waals surface area contributed by atoms with Gasteiger partial charge in [0.2, 0.25) is 0 Å². The third-order valence-corrected chi connectivity index (χ3v) is 6.85. The number of benzene rings is 2. The van der Waals surface area contributed by atoms with Gasteiger partial charge in [0, 0.05) is 11.0 Å². The number of carbonyl (C=O) groups excluding carboxylic acids is 1. The number of hydrogen-bond acceptors (Lipinski definition) is 3. The maximum absolute atomic E-state index is 13.6. The summed E-state index contributed by atoms with van der Waals surface area (Å²) in [5.41, 5.74) is 6.01. The fourth-order valence-electron chi connectivity index (χ4n) is 4.64. The highest BCUT2D eigenvalue weighted by atomic mass is 16.5. The summed E-state index contributed by atoms with van der Waals surface area (Å²) in [6.45, 7) is 9.10. The maximum Gasteiger partial charge on any atom is 0.343 e. The van der Waals surface area contributed by atoms with Crippen LogP contribution < -0.4 is 5.56 Å². The van der Waals surface area contributed by atoms with Crippen molar-refractivity contribution in [2.75, 3.05) is 7.11 Å². The molecule has 0 bridgehead atoms. The van der Waals surface area contributed by atoms with Crippen molar-refractivity contribution in [1.29, 1.82) is 0 Å². The third-order valence-electron chi connectivity index (χ3n) is 6.85. The van der Waals surface area contributed by atoms with Crippen LogP contribution in [0.4, 0.5) is 0 Å². The molecule has 4 nitrogen and oxygen atoms in total. The van der Waals surface area contributed by atoms with Crippen LogP contribution in [0, 0.1) is 12.8 Å². The highest BCUT2D eigenvalue weighted by Gasteiger charge is 2.40. The Balaban J connectivity index is 2.11. The zero-order valence-corrected chi connectivity index (χ0v) is 18.9. The van der Waals surface area contributed by atoms with Crippen molar-refractivity contribution in [3.8, 4) is 11.3 Å². The minimum absolute atomic E-state index is 0.0974. The Hall–Kier alpha value is -3.14. The van der Waals surface area contributed by atoms with Crippen molar-refractivity contribution in [2.24, 2.45) is 5.92 Å². The molecule has 2 aromatic carbocycles. The summed E-state index contributed by atoms with van der Waals surface area (Å²) in [4.78, 5) is 26.2. The molecule has 0 radical (unpaired) electrons. The number of ether oxygens (including phenoxy) is 1. The van der Waals surface area contributed by atoms with Gasteiger partial charge in [-0.3, -0.25) is 4.79 Å². The largest absolute Gasteiger partial charge is 0.465 e. The maximum atomic E-state index is 13.6. The van der Waals surface area contributed by atoms with E-state index in [9.17, 15) is 9.59 Å². The van der Waals surface area contributed by atoms with Crippen LogP contribution in [0.1, 0.15) is 53.4 Å². The molecule has 31 heavy (non-hydrogen) atoms. The second-order valence-corrected chi connectivity index (χ2v) is 9.10. The summed E-state index contributed by atoms with van der Waals surface area (Å²) < 4.78 is 6.75. The van der Waals surface area contributed by atoms with Crippen molar-refractivity contribution in [2.45, 2.75) is 46.1 Å². The molecule has 0 amide bonds. The molecule has 0 saturated heterocycles. The van der Waals surface area contributed by atoms with E-state index in [0.717, 1.165) is 34.4 Å². The van der Waals surface area contributed by atoms with Gasteiger partial charge in [-0.25, -0.2) is 4.79 Å². The molecule has 4 rings (SSSR count). The molecule has 4 heteroatoms. The van der Waals surface area contributed by atoms with Crippen LogP contribution in [-0.4, -0.2) is 17.6 Å². The number of carbonyl (C=O) groups is 1. The molecule has 0 spiro atoms. The first-order chi connectivity index (χ1) is 14.8. The predicted octanol–water partition coefficient (Wildman–Crippen LogP) is 5.13. The van der Waals surface area contributed by atoms with Gasteiger partial charge in [0.25, 0.3) is 5.56 Å². The number of fused-ring (bicyclic) bond motifs is 3. The monoisotopic (exact) mass is 415 g/mol. The number of pyridine rings is 1. The fourth-order valence-corrected chi connectivity index (χ4v) is 4.64. The lowest BCUT2D eigenvalue weighted by Crippen LogP contribution is -2.40. The lowest BCUT2D eigenvalue weighted by molar-refractivity contribution is 0.0597. The molecule has 1 aliphatic rings. The van der Waals surface area contributed by atoms with Gasteiger partial charge in [0.05, 0.1) is 19.3 Å². The van der Waals surface area contributed by atoms with E-state index in [4.69, 9.17) is 4.74 Å². The first kappa shape index (κ1) is 21.1. The summed E-state index contributed by atoms with van der Waals surface area (Å²) >= 11 is 0. The summed E-state index contributed by atoms with van der Waals surface area (Å²) in [5.74, 6) is -0.273. The van der Waals surface area contributed by atoms with Crippen molar-refractivity contribution >= 4 is 5.97 Å². The van der Waals surface area contributed by atoms with Crippen molar-refractivity contribution in [1.82, 2.24) is 4.57 Å². The number of esters is 1. The summed E-state index contributed by atoms with van der Waals surface area (Å²) in [7, 11) is 1.32. The van der Waals surface area contributed by atoms with Gasteiger partial charge in [0.15, 0.2) is 0 Å².